The molecular weight excluding hydrogens is 266 g/mol. The van der Waals surface area contributed by atoms with Crippen LogP contribution in [0.4, 0.5) is 0 Å². The second kappa shape index (κ2) is 8.47. The minimum absolute atomic E-state index is 0.673. The molecule has 1 aromatic carbocycles. The van der Waals surface area contributed by atoms with Crippen molar-refractivity contribution < 1.29 is 14.6 Å². The van der Waals surface area contributed by atoms with Gasteiger partial charge in [0, 0.05) is 12.6 Å². The molecule has 4 heteroatoms. The third kappa shape index (κ3) is 6.00. The fraction of sp³-hybridized carbons (Fsp3) is 0.471. The van der Waals surface area contributed by atoms with E-state index in [1.54, 1.807) is 6.08 Å². The van der Waals surface area contributed by atoms with Gasteiger partial charge < -0.3 is 9.84 Å². The molecule has 1 aliphatic heterocycles. The highest BCUT2D eigenvalue weighted by Gasteiger charge is 2.08. The molecule has 0 aliphatic carbocycles. The topological polar surface area (TPSA) is 49.8 Å². The van der Waals surface area contributed by atoms with Gasteiger partial charge in [-0.3, -0.25) is 4.90 Å². The molecule has 2 rings (SSSR count). The molecule has 1 aliphatic rings. The summed E-state index contributed by atoms with van der Waals surface area (Å²) in [5.74, 6) is -0.153. The minimum Gasteiger partial charge on any atom is -0.492 e. The van der Waals surface area contributed by atoms with Crippen molar-refractivity contribution in [1.82, 2.24) is 4.90 Å². The number of likely N-dealkylation sites (tertiary alicyclic amines) is 1. The third-order valence-corrected chi connectivity index (χ3v) is 3.65. The van der Waals surface area contributed by atoms with Crippen molar-refractivity contribution in [2.24, 2.45) is 0 Å². The molecule has 1 N–H and O–H groups in total. The molecular formula is C17H23NO3. The van der Waals surface area contributed by atoms with Crippen LogP contribution in [0.5, 0.6) is 5.75 Å². The normalized spacial score (nSPS) is 16.8. The molecule has 0 amide bonds. The predicted molar refractivity (Wildman–Crippen MR) is 83.5 cm³/mol. The number of carbonyl (C=O) groups is 1. The fourth-order valence-electron chi connectivity index (χ4n) is 2.53. The van der Waals surface area contributed by atoms with E-state index in [4.69, 9.17) is 9.84 Å². The van der Waals surface area contributed by atoms with Crippen molar-refractivity contribution in [3.8, 4) is 5.75 Å². The van der Waals surface area contributed by atoms with E-state index in [0.29, 0.717) is 6.61 Å². The minimum atomic E-state index is -0.942. The van der Waals surface area contributed by atoms with Crippen LogP contribution in [-0.2, 0) is 4.79 Å². The number of nitrogens with zero attached hydrogens (tertiary/aromatic N) is 1. The molecule has 0 aromatic heterocycles. The molecule has 1 saturated heterocycles. The third-order valence-electron chi connectivity index (χ3n) is 3.65. The molecule has 0 atom stereocenters. The van der Waals surface area contributed by atoms with Gasteiger partial charge >= 0.3 is 5.97 Å². The number of ether oxygens (including phenoxy) is 1. The van der Waals surface area contributed by atoms with E-state index in [2.05, 4.69) is 4.90 Å². The smallest absolute Gasteiger partial charge is 0.328 e. The number of carboxylic acid groups (broad SMARTS) is 1. The Balaban J connectivity index is 1.79. The Hall–Kier alpha value is -1.81. The maximum Gasteiger partial charge on any atom is 0.328 e. The highest BCUT2D eigenvalue weighted by Crippen LogP contribution is 2.15. The van der Waals surface area contributed by atoms with Gasteiger partial charge in [-0.25, -0.2) is 4.79 Å². The fourth-order valence-corrected chi connectivity index (χ4v) is 2.53. The second-order valence-electron chi connectivity index (χ2n) is 5.35. The molecule has 0 spiro atoms. The summed E-state index contributed by atoms with van der Waals surface area (Å²) in [7, 11) is 0. The molecule has 4 nitrogen and oxygen atoms in total. The zero-order valence-corrected chi connectivity index (χ0v) is 12.3. The van der Waals surface area contributed by atoms with E-state index in [-0.39, 0.29) is 0 Å². The quantitative estimate of drug-likeness (QED) is 0.818. The number of carboxylic acids is 1. The Morgan fingerprint density at radius 3 is 2.71 bits per heavy atom. The van der Waals surface area contributed by atoms with E-state index < -0.39 is 5.97 Å². The van der Waals surface area contributed by atoms with Crippen molar-refractivity contribution in [3.05, 3.63) is 35.9 Å². The largest absolute Gasteiger partial charge is 0.492 e. The first-order valence-corrected chi connectivity index (χ1v) is 7.60. The van der Waals surface area contributed by atoms with Crippen LogP contribution in [0.3, 0.4) is 0 Å². The van der Waals surface area contributed by atoms with E-state index in [0.717, 1.165) is 23.9 Å². The van der Waals surface area contributed by atoms with Gasteiger partial charge in [-0.1, -0.05) is 25.0 Å². The summed E-state index contributed by atoms with van der Waals surface area (Å²) in [4.78, 5) is 13.0. The average Bonchev–Trinajstić information content (AvgIpc) is 2.74. The maximum atomic E-state index is 10.5. The molecule has 1 aromatic rings. The van der Waals surface area contributed by atoms with Gasteiger partial charge in [0.15, 0.2) is 0 Å². The predicted octanol–water partition coefficient (Wildman–Crippen LogP) is 3.04. The highest BCUT2D eigenvalue weighted by atomic mass is 16.5. The zero-order chi connectivity index (χ0) is 14.9. The Bertz CT molecular complexity index is 477. The summed E-state index contributed by atoms with van der Waals surface area (Å²) >= 11 is 0. The standard InChI is InChI=1S/C17H23NO3/c19-17(20)9-8-15-6-5-7-16(14-15)21-13-12-18-10-3-1-2-4-11-18/h5-9,14H,1-4,10-13H2,(H,19,20). The number of hydrogen-bond acceptors (Lipinski definition) is 3. The summed E-state index contributed by atoms with van der Waals surface area (Å²) in [5.41, 5.74) is 0.838. The maximum absolute atomic E-state index is 10.5. The van der Waals surface area contributed by atoms with Crippen LogP contribution in [-0.4, -0.2) is 42.2 Å². The summed E-state index contributed by atoms with van der Waals surface area (Å²) < 4.78 is 5.77. The van der Waals surface area contributed by atoms with Gasteiger partial charge in [0.05, 0.1) is 0 Å². The van der Waals surface area contributed by atoms with Crippen LogP contribution >= 0.6 is 0 Å². The van der Waals surface area contributed by atoms with Crippen molar-refractivity contribution >= 4 is 12.0 Å². The molecule has 21 heavy (non-hydrogen) atoms. The van der Waals surface area contributed by atoms with E-state index in [1.165, 1.54) is 38.8 Å². The lowest BCUT2D eigenvalue weighted by atomic mass is 10.2. The van der Waals surface area contributed by atoms with E-state index in [9.17, 15) is 4.79 Å². The monoisotopic (exact) mass is 289 g/mol. The summed E-state index contributed by atoms with van der Waals surface area (Å²) in [6.45, 7) is 3.97. The van der Waals surface area contributed by atoms with Gasteiger partial charge in [-0.05, 0) is 49.7 Å². The van der Waals surface area contributed by atoms with Gasteiger partial charge in [-0.2, -0.15) is 0 Å². The van der Waals surface area contributed by atoms with Crippen LogP contribution in [0.15, 0.2) is 30.3 Å². The number of benzene rings is 1. The SMILES string of the molecule is O=C(O)C=Cc1cccc(OCCN2CCCCCC2)c1. The molecule has 0 bridgehead atoms. The van der Waals surface area contributed by atoms with E-state index >= 15 is 0 Å². The molecule has 0 saturated carbocycles. The van der Waals surface area contributed by atoms with E-state index in [1.807, 2.05) is 24.3 Å². The van der Waals surface area contributed by atoms with Crippen LogP contribution < -0.4 is 4.74 Å². The first-order valence-electron chi connectivity index (χ1n) is 7.60. The Labute approximate surface area is 126 Å². The molecule has 1 fully saturated rings. The van der Waals surface area contributed by atoms with Gasteiger partial charge in [0.2, 0.25) is 0 Å². The average molecular weight is 289 g/mol. The molecule has 1 heterocycles. The van der Waals surface area contributed by atoms with Crippen LogP contribution in [0.1, 0.15) is 31.2 Å². The van der Waals surface area contributed by atoms with Gasteiger partial charge in [0.1, 0.15) is 12.4 Å². The van der Waals surface area contributed by atoms with Gasteiger partial charge in [-0.15, -0.1) is 0 Å². The first kappa shape index (κ1) is 15.6. The lowest BCUT2D eigenvalue weighted by molar-refractivity contribution is -0.131. The summed E-state index contributed by atoms with van der Waals surface area (Å²) in [6.07, 6.45) is 7.97. The van der Waals surface area contributed by atoms with Crippen molar-refractivity contribution in [1.29, 1.82) is 0 Å². The Kier molecular flexibility index (Phi) is 6.28. The lowest BCUT2D eigenvalue weighted by Crippen LogP contribution is -2.29. The number of rotatable bonds is 6. The highest BCUT2D eigenvalue weighted by molar-refractivity contribution is 5.85. The Morgan fingerprint density at radius 2 is 2.00 bits per heavy atom. The van der Waals surface area contributed by atoms with Crippen LogP contribution in [0, 0.1) is 0 Å². The summed E-state index contributed by atoms with van der Waals surface area (Å²) in [6, 6.07) is 7.51. The molecule has 0 unspecified atom stereocenters. The second-order valence-corrected chi connectivity index (χ2v) is 5.35. The van der Waals surface area contributed by atoms with Crippen molar-refractivity contribution in [2.75, 3.05) is 26.2 Å². The molecule has 0 radical (unpaired) electrons. The summed E-state index contributed by atoms with van der Waals surface area (Å²) in [5, 5.41) is 8.63. The van der Waals surface area contributed by atoms with Crippen molar-refractivity contribution in [3.63, 3.8) is 0 Å². The number of aliphatic carboxylic acids is 1. The number of hydrogen-bond donors (Lipinski definition) is 1. The first-order chi connectivity index (χ1) is 10.2. The zero-order valence-electron chi connectivity index (χ0n) is 12.3. The van der Waals surface area contributed by atoms with Gasteiger partial charge in [0.25, 0.3) is 0 Å². The Morgan fingerprint density at radius 1 is 1.24 bits per heavy atom. The van der Waals surface area contributed by atoms with Crippen LogP contribution in [0.25, 0.3) is 6.08 Å². The molecule has 114 valence electrons. The van der Waals surface area contributed by atoms with Crippen LogP contribution in [0.2, 0.25) is 0 Å². The lowest BCUT2D eigenvalue weighted by Gasteiger charge is -2.19. The van der Waals surface area contributed by atoms with Crippen molar-refractivity contribution in [2.45, 2.75) is 25.7 Å².